The topological polar surface area (TPSA) is 35.5 Å². The fraction of sp³-hybridized carbons (Fsp3) is 0.824. The Morgan fingerprint density at radius 2 is 2.00 bits per heavy atom. The molecule has 1 aliphatic carbocycles. The van der Waals surface area contributed by atoms with Crippen molar-refractivity contribution in [2.75, 3.05) is 7.11 Å². The van der Waals surface area contributed by atoms with E-state index in [1.54, 1.807) is 7.11 Å². The number of allylic oxidation sites excluding steroid dienone is 1. The maximum Gasteiger partial charge on any atom is 0.312 e. The lowest BCUT2D eigenvalue weighted by Gasteiger charge is -2.42. The van der Waals surface area contributed by atoms with Crippen LogP contribution in [0.4, 0.5) is 0 Å². The molecule has 0 radical (unpaired) electrons. The van der Waals surface area contributed by atoms with Crippen molar-refractivity contribution in [1.29, 1.82) is 0 Å². The van der Waals surface area contributed by atoms with Gasteiger partial charge in [-0.1, -0.05) is 18.9 Å². The van der Waals surface area contributed by atoms with Crippen LogP contribution in [0.3, 0.4) is 0 Å². The summed E-state index contributed by atoms with van der Waals surface area (Å²) in [6.07, 6.45) is 6.82. The minimum atomic E-state index is -0.588. The van der Waals surface area contributed by atoms with Crippen molar-refractivity contribution in [3.63, 3.8) is 0 Å². The van der Waals surface area contributed by atoms with E-state index in [1.807, 2.05) is 34.6 Å². The van der Waals surface area contributed by atoms with E-state index in [0.29, 0.717) is 0 Å². The highest BCUT2D eigenvalue weighted by Crippen LogP contribution is 2.38. The third-order valence-corrected chi connectivity index (χ3v) is 4.37. The van der Waals surface area contributed by atoms with E-state index >= 15 is 0 Å². The van der Waals surface area contributed by atoms with Crippen LogP contribution >= 0.6 is 0 Å². The molecule has 0 amide bonds. The molecule has 0 bridgehead atoms. The number of carbonyl (C=O) groups is 1. The summed E-state index contributed by atoms with van der Waals surface area (Å²) >= 11 is 0. The van der Waals surface area contributed by atoms with E-state index in [0.717, 1.165) is 37.7 Å². The summed E-state index contributed by atoms with van der Waals surface area (Å²) in [5, 5.41) is 0. The summed E-state index contributed by atoms with van der Waals surface area (Å²) in [5.74, 6) is -0.124. The number of rotatable bonds is 5. The molecule has 0 spiro atoms. The molecule has 0 saturated heterocycles. The van der Waals surface area contributed by atoms with Crippen molar-refractivity contribution >= 4 is 5.97 Å². The van der Waals surface area contributed by atoms with Crippen LogP contribution in [0.25, 0.3) is 0 Å². The fourth-order valence-corrected chi connectivity index (χ4v) is 2.71. The Hall–Kier alpha value is -0.830. The van der Waals surface area contributed by atoms with E-state index in [1.165, 1.54) is 0 Å². The molecular formula is C17H30O3. The van der Waals surface area contributed by atoms with E-state index < -0.39 is 11.0 Å². The van der Waals surface area contributed by atoms with Crippen molar-refractivity contribution in [2.45, 2.75) is 78.4 Å². The van der Waals surface area contributed by atoms with Crippen LogP contribution < -0.4 is 0 Å². The smallest absolute Gasteiger partial charge is 0.312 e. The summed E-state index contributed by atoms with van der Waals surface area (Å²) < 4.78 is 11.6. The van der Waals surface area contributed by atoms with Crippen LogP contribution in [-0.4, -0.2) is 24.8 Å². The Morgan fingerprint density at radius 3 is 2.50 bits per heavy atom. The van der Waals surface area contributed by atoms with Crippen LogP contribution in [-0.2, 0) is 14.3 Å². The molecular weight excluding hydrogens is 252 g/mol. The highest BCUT2D eigenvalue weighted by atomic mass is 16.6. The van der Waals surface area contributed by atoms with Gasteiger partial charge < -0.3 is 9.47 Å². The molecule has 20 heavy (non-hydrogen) atoms. The average molecular weight is 282 g/mol. The van der Waals surface area contributed by atoms with Gasteiger partial charge in [-0.25, -0.2) is 0 Å². The lowest BCUT2D eigenvalue weighted by Crippen LogP contribution is -2.50. The zero-order valence-corrected chi connectivity index (χ0v) is 13.9. The molecule has 1 fully saturated rings. The van der Waals surface area contributed by atoms with Crippen molar-refractivity contribution in [2.24, 2.45) is 5.41 Å². The van der Waals surface area contributed by atoms with Gasteiger partial charge in [-0.15, -0.1) is 0 Å². The molecule has 3 heteroatoms. The Kier molecular flexibility index (Phi) is 5.81. The largest absolute Gasteiger partial charge is 0.452 e. The molecule has 0 aromatic carbocycles. The third kappa shape index (κ3) is 3.85. The van der Waals surface area contributed by atoms with E-state index in [9.17, 15) is 4.79 Å². The van der Waals surface area contributed by atoms with Crippen molar-refractivity contribution in [3.8, 4) is 0 Å². The number of hydrogen-bond acceptors (Lipinski definition) is 3. The predicted molar refractivity (Wildman–Crippen MR) is 81.6 cm³/mol. The van der Waals surface area contributed by atoms with Gasteiger partial charge in [0.1, 0.15) is 6.10 Å². The van der Waals surface area contributed by atoms with Crippen molar-refractivity contribution in [3.05, 3.63) is 11.6 Å². The zero-order valence-electron chi connectivity index (χ0n) is 13.9. The second-order valence-electron chi connectivity index (χ2n) is 6.77. The molecule has 0 aromatic rings. The molecule has 116 valence electrons. The number of carbonyl (C=O) groups excluding carboxylic acids is 1. The summed E-state index contributed by atoms with van der Waals surface area (Å²) in [6, 6.07) is 0. The Bertz CT molecular complexity index is 366. The summed E-state index contributed by atoms with van der Waals surface area (Å²) in [5.41, 5.74) is 0.129. The predicted octanol–water partition coefficient (Wildman–Crippen LogP) is 4.26. The maximum absolute atomic E-state index is 12.5. The lowest BCUT2D eigenvalue weighted by molar-refractivity contribution is -0.183. The Labute approximate surface area is 123 Å². The molecule has 1 saturated carbocycles. The minimum Gasteiger partial charge on any atom is -0.452 e. The molecule has 3 nitrogen and oxygen atoms in total. The Balaban J connectivity index is 3.06. The number of hydrogen-bond donors (Lipinski definition) is 0. The monoisotopic (exact) mass is 282 g/mol. The van der Waals surface area contributed by atoms with Gasteiger partial charge in [0, 0.05) is 7.11 Å². The van der Waals surface area contributed by atoms with Gasteiger partial charge in [0.05, 0.1) is 5.41 Å². The fourth-order valence-electron chi connectivity index (χ4n) is 2.71. The molecule has 1 rings (SSSR count). The molecule has 0 N–H and O–H groups in total. The SMILES string of the molecule is CCC(C)(C)C(=O)OC1(C=C(C)C)CCCCC1OC. The summed E-state index contributed by atoms with van der Waals surface area (Å²) in [6.45, 7) is 9.99. The zero-order chi connectivity index (χ0) is 15.4. The normalized spacial score (nSPS) is 27.0. The quantitative estimate of drug-likeness (QED) is 0.558. The van der Waals surface area contributed by atoms with Gasteiger partial charge in [-0.3, -0.25) is 4.79 Å². The van der Waals surface area contributed by atoms with Gasteiger partial charge >= 0.3 is 5.97 Å². The van der Waals surface area contributed by atoms with Crippen LogP contribution in [0.5, 0.6) is 0 Å². The van der Waals surface area contributed by atoms with Crippen LogP contribution in [0.15, 0.2) is 11.6 Å². The van der Waals surface area contributed by atoms with Gasteiger partial charge in [0.2, 0.25) is 0 Å². The molecule has 2 unspecified atom stereocenters. The second kappa shape index (κ2) is 6.75. The number of esters is 1. The minimum absolute atomic E-state index is 0.0391. The summed E-state index contributed by atoms with van der Waals surface area (Å²) in [4.78, 5) is 12.5. The first kappa shape index (κ1) is 17.2. The third-order valence-electron chi connectivity index (χ3n) is 4.37. The van der Waals surface area contributed by atoms with E-state index in [2.05, 4.69) is 6.08 Å². The van der Waals surface area contributed by atoms with Crippen LogP contribution in [0, 0.1) is 5.41 Å². The summed E-state index contributed by atoms with van der Waals surface area (Å²) in [7, 11) is 1.71. The molecule has 0 aliphatic heterocycles. The molecule has 1 aliphatic rings. The van der Waals surface area contributed by atoms with Crippen LogP contribution in [0.2, 0.25) is 0 Å². The van der Waals surface area contributed by atoms with Gasteiger partial charge in [0.15, 0.2) is 5.60 Å². The first-order chi connectivity index (χ1) is 9.27. The molecule has 0 aromatic heterocycles. The van der Waals surface area contributed by atoms with Crippen LogP contribution in [0.1, 0.15) is 66.7 Å². The molecule has 2 atom stereocenters. The van der Waals surface area contributed by atoms with Crippen molar-refractivity contribution < 1.29 is 14.3 Å². The number of methoxy groups -OCH3 is 1. The highest BCUT2D eigenvalue weighted by molar-refractivity contribution is 5.76. The standard InChI is InChI=1S/C17H30O3/c1-7-16(4,5)15(18)20-17(12-13(2)3)11-9-8-10-14(17)19-6/h12,14H,7-11H2,1-6H3. The number of ether oxygens (including phenoxy) is 2. The maximum atomic E-state index is 12.5. The first-order valence-electron chi connectivity index (χ1n) is 7.69. The lowest BCUT2D eigenvalue weighted by atomic mass is 9.80. The molecule has 0 heterocycles. The van der Waals surface area contributed by atoms with Gasteiger partial charge in [-0.2, -0.15) is 0 Å². The van der Waals surface area contributed by atoms with E-state index in [-0.39, 0.29) is 12.1 Å². The highest BCUT2D eigenvalue weighted by Gasteiger charge is 2.45. The van der Waals surface area contributed by atoms with E-state index in [4.69, 9.17) is 9.47 Å². The first-order valence-corrected chi connectivity index (χ1v) is 7.69. The van der Waals surface area contributed by atoms with Gasteiger partial charge in [-0.05, 0) is 59.5 Å². The van der Waals surface area contributed by atoms with Crippen molar-refractivity contribution in [1.82, 2.24) is 0 Å². The average Bonchev–Trinajstić information content (AvgIpc) is 2.38. The Morgan fingerprint density at radius 1 is 1.35 bits per heavy atom. The van der Waals surface area contributed by atoms with Gasteiger partial charge in [0.25, 0.3) is 0 Å². The second-order valence-corrected chi connectivity index (χ2v) is 6.77.